The van der Waals surface area contributed by atoms with E-state index in [1.54, 1.807) is 0 Å². The van der Waals surface area contributed by atoms with Crippen molar-refractivity contribution in [1.82, 2.24) is 5.32 Å². The third-order valence-corrected chi connectivity index (χ3v) is 3.89. The van der Waals surface area contributed by atoms with Crippen LogP contribution in [0.2, 0.25) is 0 Å². The molecule has 0 amide bonds. The van der Waals surface area contributed by atoms with E-state index < -0.39 is 0 Å². The molecule has 0 aromatic rings. The molecule has 2 heteroatoms. The fraction of sp³-hybridized carbons (Fsp3) is 1.00. The Kier molecular flexibility index (Phi) is 4.45. The van der Waals surface area contributed by atoms with Gasteiger partial charge in [0, 0.05) is 12.6 Å². The van der Waals surface area contributed by atoms with Gasteiger partial charge in [-0.15, -0.1) is 0 Å². The summed E-state index contributed by atoms with van der Waals surface area (Å²) in [5.41, 5.74) is 0. The van der Waals surface area contributed by atoms with E-state index >= 15 is 0 Å². The lowest BCUT2D eigenvalue weighted by Crippen LogP contribution is -2.26. The largest absolute Gasteiger partial charge is 0.378 e. The summed E-state index contributed by atoms with van der Waals surface area (Å²) >= 11 is 0. The summed E-state index contributed by atoms with van der Waals surface area (Å²) < 4.78 is 5.66. The highest BCUT2D eigenvalue weighted by Gasteiger charge is 2.23. The fourth-order valence-corrected chi connectivity index (χ4v) is 2.54. The monoisotopic (exact) mass is 211 g/mol. The Morgan fingerprint density at radius 2 is 2.00 bits per heavy atom. The Labute approximate surface area is 93.8 Å². The molecule has 2 atom stereocenters. The van der Waals surface area contributed by atoms with E-state index in [9.17, 15) is 0 Å². The Hall–Kier alpha value is -0.0800. The van der Waals surface area contributed by atoms with Crippen LogP contribution in [0.5, 0.6) is 0 Å². The van der Waals surface area contributed by atoms with Gasteiger partial charge in [-0.05, 0) is 51.5 Å². The molecule has 1 aliphatic heterocycles. The van der Waals surface area contributed by atoms with E-state index in [0.29, 0.717) is 6.10 Å². The highest BCUT2D eigenvalue weighted by Crippen LogP contribution is 2.34. The molecule has 15 heavy (non-hydrogen) atoms. The topological polar surface area (TPSA) is 21.3 Å². The molecular formula is C13H25NO. The highest BCUT2D eigenvalue weighted by molar-refractivity contribution is 4.77. The van der Waals surface area contributed by atoms with Crippen LogP contribution in [0.1, 0.15) is 51.4 Å². The zero-order valence-electron chi connectivity index (χ0n) is 10.0. The van der Waals surface area contributed by atoms with E-state index in [1.165, 1.54) is 51.4 Å². The van der Waals surface area contributed by atoms with Gasteiger partial charge in [0.15, 0.2) is 0 Å². The Balaban J connectivity index is 1.56. The van der Waals surface area contributed by atoms with Gasteiger partial charge in [0.2, 0.25) is 0 Å². The molecule has 2 nitrogen and oxygen atoms in total. The molecule has 0 aromatic carbocycles. The number of hydrogen-bond acceptors (Lipinski definition) is 2. The summed E-state index contributed by atoms with van der Waals surface area (Å²) in [4.78, 5) is 0. The third-order valence-electron chi connectivity index (χ3n) is 3.89. The van der Waals surface area contributed by atoms with Gasteiger partial charge < -0.3 is 10.1 Å². The zero-order chi connectivity index (χ0) is 10.5. The molecule has 2 aliphatic rings. The lowest BCUT2D eigenvalue weighted by atomic mass is 10.0. The van der Waals surface area contributed by atoms with Crippen molar-refractivity contribution in [3.8, 4) is 0 Å². The van der Waals surface area contributed by atoms with Crippen LogP contribution in [0.4, 0.5) is 0 Å². The molecule has 0 radical (unpaired) electrons. The Morgan fingerprint density at radius 3 is 2.60 bits per heavy atom. The zero-order valence-corrected chi connectivity index (χ0v) is 10.0. The van der Waals surface area contributed by atoms with E-state index in [0.717, 1.165) is 18.6 Å². The number of ether oxygens (including phenoxy) is 1. The predicted octanol–water partition coefficient (Wildman–Crippen LogP) is 2.72. The van der Waals surface area contributed by atoms with E-state index in [-0.39, 0.29) is 0 Å². The standard InChI is InChI=1S/C13H25NO/c1-14-12(7-6-11-4-5-11)8-9-13-3-2-10-15-13/h11-14H,2-10H2,1H3. The van der Waals surface area contributed by atoms with Crippen LogP contribution >= 0.6 is 0 Å². The smallest absolute Gasteiger partial charge is 0.0576 e. The minimum atomic E-state index is 0.571. The van der Waals surface area contributed by atoms with E-state index in [1.807, 2.05) is 0 Å². The van der Waals surface area contributed by atoms with Gasteiger partial charge in [-0.1, -0.05) is 12.8 Å². The summed E-state index contributed by atoms with van der Waals surface area (Å²) in [5.74, 6) is 1.07. The van der Waals surface area contributed by atoms with Crippen molar-refractivity contribution >= 4 is 0 Å². The van der Waals surface area contributed by atoms with Crippen LogP contribution in [0.15, 0.2) is 0 Å². The lowest BCUT2D eigenvalue weighted by Gasteiger charge is -2.18. The summed E-state index contributed by atoms with van der Waals surface area (Å²) in [6.07, 6.45) is 11.5. The fourth-order valence-electron chi connectivity index (χ4n) is 2.54. The second-order valence-electron chi connectivity index (χ2n) is 5.22. The van der Waals surface area contributed by atoms with Gasteiger partial charge in [-0.25, -0.2) is 0 Å². The molecule has 0 aromatic heterocycles. The van der Waals surface area contributed by atoms with Crippen LogP contribution in [-0.4, -0.2) is 25.8 Å². The molecule has 2 unspecified atom stereocenters. The molecule has 1 heterocycles. The van der Waals surface area contributed by atoms with Crippen molar-refractivity contribution in [3.05, 3.63) is 0 Å². The first-order valence-electron chi connectivity index (χ1n) is 6.67. The van der Waals surface area contributed by atoms with Crippen molar-refractivity contribution in [1.29, 1.82) is 0 Å². The molecular weight excluding hydrogens is 186 g/mol. The first-order valence-corrected chi connectivity index (χ1v) is 6.67. The molecule has 0 bridgehead atoms. The molecule has 2 rings (SSSR count). The van der Waals surface area contributed by atoms with Crippen molar-refractivity contribution < 1.29 is 4.74 Å². The van der Waals surface area contributed by atoms with Crippen molar-refractivity contribution in [2.24, 2.45) is 5.92 Å². The van der Waals surface area contributed by atoms with E-state index in [2.05, 4.69) is 12.4 Å². The van der Waals surface area contributed by atoms with Crippen LogP contribution in [0, 0.1) is 5.92 Å². The van der Waals surface area contributed by atoms with Gasteiger partial charge in [0.25, 0.3) is 0 Å². The molecule has 2 fully saturated rings. The number of rotatable bonds is 7. The first kappa shape index (κ1) is 11.4. The highest BCUT2D eigenvalue weighted by atomic mass is 16.5. The van der Waals surface area contributed by atoms with Gasteiger partial charge in [0.1, 0.15) is 0 Å². The third kappa shape index (κ3) is 4.12. The number of hydrogen-bond donors (Lipinski definition) is 1. The molecule has 1 saturated carbocycles. The van der Waals surface area contributed by atoms with Crippen LogP contribution in [0.3, 0.4) is 0 Å². The van der Waals surface area contributed by atoms with Crippen LogP contribution in [-0.2, 0) is 4.74 Å². The normalized spacial score (nSPS) is 28.2. The summed E-state index contributed by atoms with van der Waals surface area (Å²) in [5, 5.41) is 3.45. The van der Waals surface area contributed by atoms with Crippen molar-refractivity contribution in [2.45, 2.75) is 63.5 Å². The SMILES string of the molecule is CNC(CCC1CC1)CCC1CCCO1. The van der Waals surface area contributed by atoms with Gasteiger partial charge in [0.05, 0.1) is 6.10 Å². The predicted molar refractivity (Wildman–Crippen MR) is 63.0 cm³/mol. The van der Waals surface area contributed by atoms with Gasteiger partial charge >= 0.3 is 0 Å². The second-order valence-corrected chi connectivity index (χ2v) is 5.22. The van der Waals surface area contributed by atoms with Crippen LogP contribution in [0.25, 0.3) is 0 Å². The molecule has 1 N–H and O–H groups in total. The maximum Gasteiger partial charge on any atom is 0.0576 e. The summed E-state index contributed by atoms with van der Waals surface area (Å²) in [6.45, 7) is 0.997. The van der Waals surface area contributed by atoms with E-state index in [4.69, 9.17) is 4.74 Å². The Morgan fingerprint density at radius 1 is 1.20 bits per heavy atom. The Bertz CT molecular complexity index is 173. The second kappa shape index (κ2) is 5.86. The molecule has 1 saturated heterocycles. The molecule has 88 valence electrons. The summed E-state index contributed by atoms with van der Waals surface area (Å²) in [7, 11) is 2.10. The van der Waals surface area contributed by atoms with Gasteiger partial charge in [-0.2, -0.15) is 0 Å². The average Bonchev–Trinajstić information content (AvgIpc) is 2.94. The van der Waals surface area contributed by atoms with Crippen molar-refractivity contribution in [3.63, 3.8) is 0 Å². The first-order chi connectivity index (χ1) is 7.38. The number of nitrogens with one attached hydrogen (secondary N) is 1. The van der Waals surface area contributed by atoms with Crippen LogP contribution < -0.4 is 5.32 Å². The van der Waals surface area contributed by atoms with Crippen molar-refractivity contribution in [2.75, 3.05) is 13.7 Å². The lowest BCUT2D eigenvalue weighted by molar-refractivity contribution is 0.0994. The molecule has 0 spiro atoms. The molecule has 1 aliphatic carbocycles. The minimum absolute atomic E-state index is 0.571. The average molecular weight is 211 g/mol. The minimum Gasteiger partial charge on any atom is -0.378 e. The maximum atomic E-state index is 5.66. The van der Waals surface area contributed by atoms with Gasteiger partial charge in [-0.3, -0.25) is 0 Å². The maximum absolute atomic E-state index is 5.66. The quantitative estimate of drug-likeness (QED) is 0.699. The summed E-state index contributed by atoms with van der Waals surface area (Å²) in [6, 6.07) is 0.731.